The number of carbonyl (C=O) groups is 1. The summed E-state index contributed by atoms with van der Waals surface area (Å²) in [7, 11) is 1.64. The summed E-state index contributed by atoms with van der Waals surface area (Å²) in [5.74, 6) is 0.671. The maximum absolute atomic E-state index is 12.1. The third kappa shape index (κ3) is 3.63. The lowest BCUT2D eigenvalue weighted by atomic mass is 10.1. The molecule has 1 aliphatic rings. The Morgan fingerprint density at radius 3 is 2.70 bits per heavy atom. The third-order valence-electron chi connectivity index (χ3n) is 3.37. The molecule has 0 atom stereocenters. The van der Waals surface area contributed by atoms with Crippen LogP contribution in [-0.4, -0.2) is 18.2 Å². The number of ether oxygens (including phenoxy) is 1. The summed E-state index contributed by atoms with van der Waals surface area (Å²) >= 11 is 1.34. The zero-order valence-corrected chi connectivity index (χ0v) is 13.7. The van der Waals surface area contributed by atoms with Crippen LogP contribution in [-0.2, 0) is 4.79 Å². The first-order valence-electron chi connectivity index (χ1n) is 7.15. The highest BCUT2D eigenvalue weighted by atomic mass is 32.2. The van der Waals surface area contributed by atoms with Crippen molar-refractivity contribution in [1.82, 2.24) is 5.32 Å². The van der Waals surface area contributed by atoms with Gasteiger partial charge in [-0.1, -0.05) is 30.3 Å². The van der Waals surface area contributed by atoms with Crippen LogP contribution in [0.15, 0.2) is 58.4 Å². The van der Waals surface area contributed by atoms with Gasteiger partial charge in [0.25, 0.3) is 5.91 Å². The first-order chi connectivity index (χ1) is 11.2. The molecular weight excluding hydrogens is 308 g/mol. The van der Waals surface area contributed by atoms with Crippen molar-refractivity contribution in [2.24, 2.45) is 4.99 Å². The van der Waals surface area contributed by atoms with Gasteiger partial charge in [0.2, 0.25) is 0 Å². The van der Waals surface area contributed by atoms with Crippen LogP contribution in [0, 0.1) is 6.92 Å². The fraction of sp³-hybridized carbons (Fsp3) is 0.111. The van der Waals surface area contributed by atoms with Gasteiger partial charge in [-0.05, 0) is 54.1 Å². The highest BCUT2D eigenvalue weighted by Gasteiger charge is 2.23. The molecule has 23 heavy (non-hydrogen) atoms. The number of para-hydroxylation sites is 1. The molecule has 5 heteroatoms. The van der Waals surface area contributed by atoms with E-state index >= 15 is 0 Å². The molecule has 2 aromatic rings. The molecular formula is C18H16N2O2S. The van der Waals surface area contributed by atoms with Crippen LogP contribution >= 0.6 is 11.8 Å². The van der Waals surface area contributed by atoms with E-state index in [4.69, 9.17) is 4.74 Å². The summed E-state index contributed by atoms with van der Waals surface area (Å²) in [5.41, 5.74) is 2.80. The minimum atomic E-state index is -0.135. The van der Waals surface area contributed by atoms with E-state index in [0.717, 1.165) is 22.6 Å². The Kier molecular flexibility index (Phi) is 4.48. The van der Waals surface area contributed by atoms with E-state index in [9.17, 15) is 4.79 Å². The standard InChI is InChI=1S/C18H16N2O2S/c1-12-8-9-13(10-15(12)22-2)11-16-17(21)20-18(23-16)19-14-6-4-3-5-7-14/h3-11H,1-2H3,(H,19,20,21)/b16-11-. The Morgan fingerprint density at radius 1 is 1.17 bits per heavy atom. The molecule has 0 unspecified atom stereocenters. The monoisotopic (exact) mass is 324 g/mol. The van der Waals surface area contributed by atoms with Gasteiger partial charge in [-0.25, -0.2) is 4.99 Å². The average molecular weight is 324 g/mol. The number of rotatable bonds is 3. The number of benzene rings is 2. The second kappa shape index (κ2) is 6.71. The van der Waals surface area contributed by atoms with Crippen molar-refractivity contribution in [3.8, 4) is 5.75 Å². The average Bonchev–Trinajstić information content (AvgIpc) is 2.89. The molecule has 4 nitrogen and oxygen atoms in total. The van der Waals surface area contributed by atoms with Gasteiger partial charge < -0.3 is 10.1 Å². The number of nitrogens with one attached hydrogen (secondary N) is 1. The van der Waals surface area contributed by atoms with E-state index in [-0.39, 0.29) is 5.91 Å². The number of aryl methyl sites for hydroxylation is 1. The first-order valence-corrected chi connectivity index (χ1v) is 7.96. The fourth-order valence-corrected chi connectivity index (χ4v) is 3.02. The van der Waals surface area contributed by atoms with Gasteiger partial charge in [-0.2, -0.15) is 0 Å². The number of methoxy groups -OCH3 is 1. The highest BCUT2D eigenvalue weighted by Crippen LogP contribution is 2.29. The number of amides is 1. The van der Waals surface area contributed by atoms with Crippen molar-refractivity contribution < 1.29 is 9.53 Å². The molecule has 0 aromatic heterocycles. The summed E-state index contributed by atoms with van der Waals surface area (Å²) in [5, 5.41) is 3.38. The van der Waals surface area contributed by atoms with Crippen molar-refractivity contribution in [3.05, 3.63) is 64.6 Å². The molecule has 116 valence electrons. The molecule has 0 spiro atoms. The Balaban J connectivity index is 1.84. The minimum Gasteiger partial charge on any atom is -0.496 e. The fourth-order valence-electron chi connectivity index (χ4n) is 2.18. The summed E-state index contributed by atoms with van der Waals surface area (Å²) < 4.78 is 5.32. The smallest absolute Gasteiger partial charge is 0.264 e. The van der Waals surface area contributed by atoms with E-state index in [1.807, 2.05) is 61.5 Å². The Bertz CT molecular complexity index is 798. The van der Waals surface area contributed by atoms with E-state index < -0.39 is 0 Å². The highest BCUT2D eigenvalue weighted by molar-refractivity contribution is 8.18. The lowest BCUT2D eigenvalue weighted by molar-refractivity contribution is -0.115. The van der Waals surface area contributed by atoms with Gasteiger partial charge >= 0.3 is 0 Å². The minimum absolute atomic E-state index is 0.135. The molecule has 0 radical (unpaired) electrons. The summed E-state index contributed by atoms with van der Waals surface area (Å²) in [6, 6.07) is 15.4. The van der Waals surface area contributed by atoms with Crippen LogP contribution in [0.4, 0.5) is 5.69 Å². The van der Waals surface area contributed by atoms with Crippen molar-refractivity contribution in [2.75, 3.05) is 7.11 Å². The SMILES string of the molecule is COc1cc(/C=C2\SC(=Nc3ccccc3)NC2=O)ccc1C. The van der Waals surface area contributed by atoms with Gasteiger partial charge in [0, 0.05) is 0 Å². The quantitative estimate of drug-likeness (QED) is 0.871. The van der Waals surface area contributed by atoms with Crippen LogP contribution in [0.25, 0.3) is 6.08 Å². The summed E-state index contributed by atoms with van der Waals surface area (Å²) in [6.45, 7) is 1.98. The van der Waals surface area contributed by atoms with Gasteiger partial charge in [-0.15, -0.1) is 0 Å². The van der Waals surface area contributed by atoms with E-state index in [2.05, 4.69) is 10.3 Å². The summed E-state index contributed by atoms with van der Waals surface area (Å²) in [4.78, 5) is 17.1. The molecule has 1 fully saturated rings. The molecule has 0 bridgehead atoms. The molecule has 2 aromatic carbocycles. The van der Waals surface area contributed by atoms with E-state index in [0.29, 0.717) is 10.1 Å². The Morgan fingerprint density at radius 2 is 1.96 bits per heavy atom. The number of carbonyl (C=O) groups excluding carboxylic acids is 1. The molecule has 1 saturated heterocycles. The second-order valence-corrected chi connectivity index (χ2v) is 6.08. The number of aliphatic imine (C=N–C) groups is 1. The maximum atomic E-state index is 12.1. The zero-order chi connectivity index (χ0) is 16.2. The lowest BCUT2D eigenvalue weighted by Crippen LogP contribution is -2.19. The predicted octanol–water partition coefficient (Wildman–Crippen LogP) is 3.90. The lowest BCUT2D eigenvalue weighted by Gasteiger charge is -2.05. The van der Waals surface area contributed by atoms with Crippen molar-refractivity contribution in [1.29, 1.82) is 0 Å². The van der Waals surface area contributed by atoms with Crippen LogP contribution in [0.1, 0.15) is 11.1 Å². The van der Waals surface area contributed by atoms with Gasteiger partial charge in [0.15, 0.2) is 5.17 Å². The van der Waals surface area contributed by atoms with E-state index in [1.54, 1.807) is 7.11 Å². The number of thioether (sulfide) groups is 1. The molecule has 0 aliphatic carbocycles. The number of hydrogen-bond acceptors (Lipinski definition) is 4. The molecule has 3 rings (SSSR count). The van der Waals surface area contributed by atoms with Gasteiger partial charge in [0.1, 0.15) is 5.75 Å². The Hall–Kier alpha value is -2.53. The Labute approximate surface area is 139 Å². The number of hydrogen-bond donors (Lipinski definition) is 1. The molecule has 1 amide bonds. The maximum Gasteiger partial charge on any atom is 0.264 e. The molecule has 1 aliphatic heterocycles. The molecule has 1 heterocycles. The first kappa shape index (κ1) is 15.4. The van der Waals surface area contributed by atoms with E-state index in [1.165, 1.54) is 11.8 Å². The van der Waals surface area contributed by atoms with Crippen LogP contribution < -0.4 is 10.1 Å². The normalized spacial score (nSPS) is 17.6. The van der Waals surface area contributed by atoms with Crippen molar-refractivity contribution in [3.63, 3.8) is 0 Å². The largest absolute Gasteiger partial charge is 0.496 e. The number of amidine groups is 1. The van der Waals surface area contributed by atoms with Crippen molar-refractivity contribution >= 4 is 34.6 Å². The summed E-state index contributed by atoms with van der Waals surface area (Å²) in [6.07, 6.45) is 1.84. The third-order valence-corrected chi connectivity index (χ3v) is 4.28. The zero-order valence-electron chi connectivity index (χ0n) is 12.9. The number of nitrogens with zero attached hydrogens (tertiary/aromatic N) is 1. The van der Waals surface area contributed by atoms with Crippen LogP contribution in [0.5, 0.6) is 5.75 Å². The van der Waals surface area contributed by atoms with Crippen LogP contribution in [0.2, 0.25) is 0 Å². The topological polar surface area (TPSA) is 50.7 Å². The van der Waals surface area contributed by atoms with Crippen LogP contribution in [0.3, 0.4) is 0 Å². The van der Waals surface area contributed by atoms with Crippen molar-refractivity contribution in [2.45, 2.75) is 6.92 Å². The van der Waals surface area contributed by atoms with Gasteiger partial charge in [0.05, 0.1) is 17.7 Å². The second-order valence-electron chi connectivity index (χ2n) is 5.05. The molecule has 1 N–H and O–H groups in total. The van der Waals surface area contributed by atoms with Gasteiger partial charge in [-0.3, -0.25) is 4.79 Å². The molecule has 0 saturated carbocycles. The predicted molar refractivity (Wildman–Crippen MR) is 95.0 cm³/mol.